The number of ether oxygens (including phenoxy) is 1. The molecule has 0 aliphatic rings. The number of alkyl halides is 3. The standard InChI is InChI=1S/C8H11F3O2/c1-2-3-5-13-6-4-7(12)8(9,10)11/h4,6H,2-3,5H2,1H3/b6-4+. The summed E-state index contributed by atoms with van der Waals surface area (Å²) < 4.78 is 39.3. The summed E-state index contributed by atoms with van der Waals surface area (Å²) in [4.78, 5) is 10.2. The Bertz CT molecular complexity index is 184. The van der Waals surface area contributed by atoms with Gasteiger partial charge in [-0.25, -0.2) is 0 Å². The van der Waals surface area contributed by atoms with Gasteiger partial charge >= 0.3 is 6.18 Å². The van der Waals surface area contributed by atoms with Crippen LogP contribution in [-0.4, -0.2) is 18.6 Å². The molecule has 0 unspecified atom stereocenters. The van der Waals surface area contributed by atoms with Gasteiger partial charge in [-0.3, -0.25) is 4.79 Å². The maximum absolute atomic E-state index is 11.6. The fraction of sp³-hybridized carbons (Fsp3) is 0.625. The third-order valence-corrected chi connectivity index (χ3v) is 1.21. The molecule has 0 saturated carbocycles. The maximum Gasteiger partial charge on any atom is 0.454 e. The number of carbonyl (C=O) groups is 1. The van der Waals surface area contributed by atoms with Gasteiger partial charge in [0, 0.05) is 6.08 Å². The number of unbranched alkanes of at least 4 members (excludes halogenated alkanes) is 1. The van der Waals surface area contributed by atoms with Crippen LogP contribution in [0.4, 0.5) is 13.2 Å². The van der Waals surface area contributed by atoms with E-state index >= 15 is 0 Å². The fourth-order valence-electron chi connectivity index (χ4n) is 0.500. The topological polar surface area (TPSA) is 26.3 Å². The number of hydrogen-bond acceptors (Lipinski definition) is 2. The summed E-state index contributed by atoms with van der Waals surface area (Å²) in [6, 6.07) is 0. The van der Waals surface area contributed by atoms with Crippen LogP contribution in [0.2, 0.25) is 0 Å². The average molecular weight is 196 g/mol. The van der Waals surface area contributed by atoms with E-state index in [1.165, 1.54) is 0 Å². The molecule has 0 N–H and O–H groups in total. The van der Waals surface area contributed by atoms with Gasteiger partial charge in [-0.15, -0.1) is 0 Å². The first-order valence-corrected chi connectivity index (χ1v) is 3.87. The monoisotopic (exact) mass is 196 g/mol. The van der Waals surface area contributed by atoms with Crippen molar-refractivity contribution in [2.75, 3.05) is 6.61 Å². The van der Waals surface area contributed by atoms with Crippen LogP contribution in [0.1, 0.15) is 19.8 Å². The Morgan fingerprint density at radius 2 is 2.08 bits per heavy atom. The van der Waals surface area contributed by atoms with Gasteiger partial charge in [-0.2, -0.15) is 13.2 Å². The Morgan fingerprint density at radius 1 is 1.46 bits per heavy atom. The van der Waals surface area contributed by atoms with E-state index in [1.54, 1.807) is 0 Å². The largest absolute Gasteiger partial charge is 0.501 e. The van der Waals surface area contributed by atoms with Crippen LogP contribution in [0.3, 0.4) is 0 Å². The molecule has 0 bridgehead atoms. The van der Waals surface area contributed by atoms with Crippen molar-refractivity contribution in [3.8, 4) is 0 Å². The SMILES string of the molecule is CCCCO/C=C/C(=O)C(F)(F)F. The van der Waals surface area contributed by atoms with Crippen molar-refractivity contribution in [2.45, 2.75) is 25.9 Å². The number of allylic oxidation sites excluding steroid dienone is 1. The van der Waals surface area contributed by atoms with Gasteiger partial charge in [-0.1, -0.05) is 13.3 Å². The molecule has 0 aliphatic carbocycles. The van der Waals surface area contributed by atoms with Crippen molar-refractivity contribution >= 4 is 5.78 Å². The van der Waals surface area contributed by atoms with E-state index in [0.29, 0.717) is 12.7 Å². The summed E-state index contributed by atoms with van der Waals surface area (Å²) in [6.07, 6.45) is -1.99. The third kappa shape index (κ3) is 6.19. The molecule has 0 heterocycles. The van der Waals surface area contributed by atoms with Crippen molar-refractivity contribution in [3.05, 3.63) is 12.3 Å². The van der Waals surface area contributed by atoms with Crippen molar-refractivity contribution in [2.24, 2.45) is 0 Å². The van der Waals surface area contributed by atoms with E-state index in [-0.39, 0.29) is 0 Å². The zero-order valence-corrected chi connectivity index (χ0v) is 7.23. The minimum atomic E-state index is -4.80. The number of rotatable bonds is 5. The first-order chi connectivity index (χ1) is 5.98. The predicted molar refractivity (Wildman–Crippen MR) is 41.1 cm³/mol. The molecule has 2 nitrogen and oxygen atoms in total. The van der Waals surface area contributed by atoms with Crippen LogP contribution < -0.4 is 0 Å². The van der Waals surface area contributed by atoms with E-state index in [4.69, 9.17) is 0 Å². The Kier molecular flexibility index (Phi) is 5.18. The van der Waals surface area contributed by atoms with Crippen LogP contribution >= 0.6 is 0 Å². The molecule has 0 saturated heterocycles. The molecule has 0 radical (unpaired) electrons. The zero-order valence-electron chi connectivity index (χ0n) is 7.23. The molecule has 0 aromatic carbocycles. The molecule has 0 aliphatic heterocycles. The second-order valence-electron chi connectivity index (χ2n) is 2.39. The molecule has 0 rings (SSSR count). The molecule has 0 aromatic heterocycles. The Labute approximate surface area is 74.4 Å². The molecule has 0 fully saturated rings. The van der Waals surface area contributed by atoms with Gasteiger partial charge in [0.25, 0.3) is 5.78 Å². The van der Waals surface area contributed by atoms with Crippen LogP contribution in [-0.2, 0) is 9.53 Å². The molecule has 0 aromatic rings. The lowest BCUT2D eigenvalue weighted by Crippen LogP contribution is -2.19. The van der Waals surface area contributed by atoms with Crippen molar-refractivity contribution < 1.29 is 22.7 Å². The molecule has 13 heavy (non-hydrogen) atoms. The lowest BCUT2D eigenvalue weighted by molar-refractivity contribution is -0.165. The number of ketones is 1. The Hall–Kier alpha value is -1.00. The van der Waals surface area contributed by atoms with Crippen molar-refractivity contribution in [3.63, 3.8) is 0 Å². The van der Waals surface area contributed by atoms with Crippen molar-refractivity contribution in [1.29, 1.82) is 0 Å². The molecule has 0 atom stereocenters. The van der Waals surface area contributed by atoms with Gasteiger partial charge in [-0.05, 0) is 6.42 Å². The molecule has 5 heteroatoms. The summed E-state index contributed by atoms with van der Waals surface area (Å²) in [6.45, 7) is 2.26. The molecular weight excluding hydrogens is 185 g/mol. The van der Waals surface area contributed by atoms with Crippen LogP contribution in [0, 0.1) is 0 Å². The molecule has 76 valence electrons. The average Bonchev–Trinajstić information content (AvgIpc) is 2.02. The van der Waals surface area contributed by atoms with E-state index < -0.39 is 12.0 Å². The first-order valence-electron chi connectivity index (χ1n) is 3.87. The summed E-state index contributed by atoms with van der Waals surface area (Å²) in [7, 11) is 0. The highest BCUT2D eigenvalue weighted by atomic mass is 19.4. The minimum absolute atomic E-state index is 0.331. The van der Waals surface area contributed by atoms with Gasteiger partial charge in [0.2, 0.25) is 0 Å². The fourth-order valence-corrected chi connectivity index (χ4v) is 0.500. The van der Waals surface area contributed by atoms with Crippen LogP contribution in [0.15, 0.2) is 12.3 Å². The third-order valence-electron chi connectivity index (χ3n) is 1.21. The Balaban J connectivity index is 3.67. The van der Waals surface area contributed by atoms with Gasteiger partial charge < -0.3 is 4.74 Å². The molecule has 0 spiro atoms. The second kappa shape index (κ2) is 5.61. The van der Waals surface area contributed by atoms with E-state index in [0.717, 1.165) is 19.1 Å². The highest BCUT2D eigenvalue weighted by Crippen LogP contribution is 2.16. The zero-order chi connectivity index (χ0) is 10.3. The number of carbonyl (C=O) groups excluding carboxylic acids is 1. The summed E-state index contributed by atoms with van der Waals surface area (Å²) in [5.74, 6) is -1.90. The van der Waals surface area contributed by atoms with E-state index in [1.807, 2.05) is 6.92 Å². The molecular formula is C8H11F3O2. The number of halogens is 3. The lowest BCUT2D eigenvalue weighted by atomic mass is 10.3. The van der Waals surface area contributed by atoms with Gasteiger partial charge in [0.1, 0.15) is 0 Å². The maximum atomic E-state index is 11.6. The summed E-state index contributed by atoms with van der Waals surface area (Å²) in [5, 5.41) is 0. The highest BCUT2D eigenvalue weighted by Gasteiger charge is 2.36. The lowest BCUT2D eigenvalue weighted by Gasteiger charge is -2.00. The van der Waals surface area contributed by atoms with Gasteiger partial charge in [0.15, 0.2) is 0 Å². The van der Waals surface area contributed by atoms with Crippen LogP contribution in [0.25, 0.3) is 0 Å². The number of hydrogen-bond donors (Lipinski definition) is 0. The highest BCUT2D eigenvalue weighted by molar-refractivity contribution is 5.94. The smallest absolute Gasteiger partial charge is 0.454 e. The Morgan fingerprint density at radius 3 is 2.54 bits per heavy atom. The first kappa shape index (κ1) is 12.0. The minimum Gasteiger partial charge on any atom is -0.501 e. The summed E-state index contributed by atoms with van der Waals surface area (Å²) in [5.41, 5.74) is 0. The molecule has 0 amide bonds. The quantitative estimate of drug-likeness (QED) is 0.383. The van der Waals surface area contributed by atoms with Crippen molar-refractivity contribution in [1.82, 2.24) is 0 Å². The second-order valence-corrected chi connectivity index (χ2v) is 2.39. The van der Waals surface area contributed by atoms with E-state index in [2.05, 4.69) is 4.74 Å². The predicted octanol–water partition coefficient (Wildman–Crippen LogP) is 2.45. The summed E-state index contributed by atoms with van der Waals surface area (Å²) >= 11 is 0. The van der Waals surface area contributed by atoms with E-state index in [9.17, 15) is 18.0 Å². The normalized spacial score (nSPS) is 12.0. The van der Waals surface area contributed by atoms with Gasteiger partial charge in [0.05, 0.1) is 12.9 Å². The van der Waals surface area contributed by atoms with Crippen LogP contribution in [0.5, 0.6) is 0 Å².